The van der Waals surface area contributed by atoms with Crippen LogP contribution < -0.4 is 0 Å². The standard InChI is InChI=1S/C9H12O/c1-7-5-3-4-6-9(7)8(2)10/h4,6H,3,5H2,1-2H3. The Hall–Kier alpha value is -0.850. The third kappa shape index (κ3) is 1.35. The van der Waals surface area contributed by atoms with Gasteiger partial charge in [0.25, 0.3) is 0 Å². The Morgan fingerprint density at radius 1 is 1.60 bits per heavy atom. The molecule has 0 atom stereocenters. The largest absolute Gasteiger partial charge is 0.295 e. The maximum Gasteiger partial charge on any atom is 0.159 e. The first-order valence-corrected chi connectivity index (χ1v) is 3.59. The van der Waals surface area contributed by atoms with Gasteiger partial charge in [-0.25, -0.2) is 0 Å². The predicted molar refractivity (Wildman–Crippen MR) is 41.8 cm³/mol. The molecule has 1 aliphatic rings. The van der Waals surface area contributed by atoms with E-state index in [1.54, 1.807) is 6.92 Å². The molecule has 0 radical (unpaired) electrons. The van der Waals surface area contributed by atoms with Crippen molar-refractivity contribution in [3.8, 4) is 0 Å². The highest BCUT2D eigenvalue weighted by Gasteiger charge is 2.06. The van der Waals surface area contributed by atoms with Gasteiger partial charge < -0.3 is 0 Å². The average molecular weight is 136 g/mol. The third-order valence-corrected chi connectivity index (χ3v) is 1.81. The van der Waals surface area contributed by atoms with Crippen LogP contribution in [0.1, 0.15) is 26.7 Å². The Labute approximate surface area is 61.4 Å². The van der Waals surface area contributed by atoms with Crippen LogP contribution in [-0.4, -0.2) is 5.78 Å². The van der Waals surface area contributed by atoms with Crippen LogP contribution in [-0.2, 0) is 4.79 Å². The predicted octanol–water partition coefficient (Wildman–Crippen LogP) is 2.24. The number of hydrogen-bond donors (Lipinski definition) is 0. The minimum atomic E-state index is 0.188. The summed E-state index contributed by atoms with van der Waals surface area (Å²) in [6.07, 6.45) is 6.12. The fraction of sp³-hybridized carbons (Fsp3) is 0.444. The molecule has 0 aromatic rings. The quantitative estimate of drug-likeness (QED) is 0.540. The maximum atomic E-state index is 10.9. The van der Waals surface area contributed by atoms with E-state index >= 15 is 0 Å². The van der Waals surface area contributed by atoms with E-state index in [9.17, 15) is 4.79 Å². The molecule has 0 amide bonds. The van der Waals surface area contributed by atoms with Gasteiger partial charge in [-0.05, 0) is 26.7 Å². The smallest absolute Gasteiger partial charge is 0.159 e. The first kappa shape index (κ1) is 7.26. The molecule has 0 N–H and O–H groups in total. The molecule has 54 valence electrons. The van der Waals surface area contributed by atoms with Crippen LogP contribution >= 0.6 is 0 Å². The molecule has 1 aliphatic carbocycles. The second-order valence-corrected chi connectivity index (χ2v) is 2.69. The Morgan fingerprint density at radius 3 is 2.70 bits per heavy atom. The van der Waals surface area contributed by atoms with Crippen molar-refractivity contribution in [3.05, 3.63) is 23.3 Å². The molecule has 0 heterocycles. The van der Waals surface area contributed by atoms with Crippen molar-refractivity contribution in [3.63, 3.8) is 0 Å². The first-order valence-electron chi connectivity index (χ1n) is 3.59. The Kier molecular flexibility index (Phi) is 2.05. The van der Waals surface area contributed by atoms with E-state index in [4.69, 9.17) is 0 Å². The van der Waals surface area contributed by atoms with Crippen molar-refractivity contribution in [1.82, 2.24) is 0 Å². The summed E-state index contributed by atoms with van der Waals surface area (Å²) in [4.78, 5) is 10.9. The number of ketones is 1. The van der Waals surface area contributed by atoms with Gasteiger partial charge in [0.1, 0.15) is 0 Å². The molecule has 1 rings (SSSR count). The van der Waals surface area contributed by atoms with E-state index in [1.807, 2.05) is 13.0 Å². The number of hydrogen-bond acceptors (Lipinski definition) is 1. The van der Waals surface area contributed by atoms with E-state index < -0.39 is 0 Å². The normalized spacial score (nSPS) is 17.8. The zero-order valence-electron chi connectivity index (χ0n) is 6.48. The van der Waals surface area contributed by atoms with Crippen molar-refractivity contribution < 1.29 is 4.79 Å². The molecule has 0 fully saturated rings. The summed E-state index contributed by atoms with van der Waals surface area (Å²) in [5.41, 5.74) is 2.14. The molecule has 0 unspecified atom stereocenters. The van der Waals surface area contributed by atoms with Crippen LogP contribution in [0.2, 0.25) is 0 Å². The van der Waals surface area contributed by atoms with Crippen molar-refractivity contribution in [2.45, 2.75) is 26.7 Å². The van der Waals surface area contributed by atoms with Crippen molar-refractivity contribution in [2.75, 3.05) is 0 Å². The highest BCUT2D eigenvalue weighted by atomic mass is 16.1. The molecular weight excluding hydrogens is 124 g/mol. The van der Waals surface area contributed by atoms with Gasteiger partial charge in [0.15, 0.2) is 5.78 Å². The molecule has 0 saturated carbocycles. The zero-order valence-corrected chi connectivity index (χ0v) is 6.48. The molecule has 1 heteroatoms. The van der Waals surface area contributed by atoms with E-state index in [1.165, 1.54) is 5.57 Å². The van der Waals surface area contributed by atoms with Gasteiger partial charge >= 0.3 is 0 Å². The fourth-order valence-electron chi connectivity index (χ4n) is 1.20. The molecular formula is C9H12O. The van der Waals surface area contributed by atoms with Crippen molar-refractivity contribution in [1.29, 1.82) is 0 Å². The molecule has 0 aromatic carbocycles. The molecule has 0 aliphatic heterocycles. The minimum absolute atomic E-state index is 0.188. The maximum absolute atomic E-state index is 10.9. The summed E-state index contributed by atoms with van der Waals surface area (Å²) in [6, 6.07) is 0. The lowest BCUT2D eigenvalue weighted by Gasteiger charge is -2.08. The lowest BCUT2D eigenvalue weighted by atomic mass is 9.97. The van der Waals surface area contributed by atoms with E-state index in [0.717, 1.165) is 18.4 Å². The highest BCUT2D eigenvalue weighted by molar-refractivity contribution is 5.96. The summed E-state index contributed by atoms with van der Waals surface area (Å²) in [5, 5.41) is 0. The molecule has 0 saturated heterocycles. The lowest BCUT2D eigenvalue weighted by Crippen LogP contribution is -2.00. The van der Waals surface area contributed by atoms with Gasteiger partial charge in [0.2, 0.25) is 0 Å². The average Bonchev–Trinajstić information content (AvgIpc) is 1.88. The second-order valence-electron chi connectivity index (χ2n) is 2.69. The number of rotatable bonds is 1. The first-order chi connectivity index (χ1) is 4.72. The molecule has 0 aromatic heterocycles. The van der Waals surface area contributed by atoms with E-state index in [0.29, 0.717) is 0 Å². The van der Waals surface area contributed by atoms with Crippen LogP contribution in [0.25, 0.3) is 0 Å². The number of Topliss-reactive ketones (excluding diaryl/α,β-unsaturated/α-hetero) is 1. The van der Waals surface area contributed by atoms with Gasteiger partial charge in [0, 0.05) is 5.57 Å². The number of allylic oxidation sites excluding steroid dienone is 4. The third-order valence-electron chi connectivity index (χ3n) is 1.81. The van der Waals surface area contributed by atoms with Gasteiger partial charge in [-0.15, -0.1) is 0 Å². The summed E-state index contributed by atoms with van der Waals surface area (Å²) in [7, 11) is 0. The van der Waals surface area contributed by atoms with E-state index in [-0.39, 0.29) is 5.78 Å². The Bertz CT molecular complexity index is 209. The van der Waals surface area contributed by atoms with Crippen LogP contribution in [0.4, 0.5) is 0 Å². The van der Waals surface area contributed by atoms with Crippen molar-refractivity contribution in [2.24, 2.45) is 0 Å². The lowest BCUT2D eigenvalue weighted by molar-refractivity contribution is -0.113. The van der Waals surface area contributed by atoms with Gasteiger partial charge in [-0.1, -0.05) is 17.7 Å². The van der Waals surface area contributed by atoms with Crippen LogP contribution in [0.15, 0.2) is 23.3 Å². The van der Waals surface area contributed by atoms with E-state index in [2.05, 4.69) is 6.08 Å². The topological polar surface area (TPSA) is 17.1 Å². The number of carbonyl (C=O) groups is 1. The monoisotopic (exact) mass is 136 g/mol. The summed E-state index contributed by atoms with van der Waals surface area (Å²) in [6.45, 7) is 3.65. The SMILES string of the molecule is CC(=O)C1=C(C)CCC=C1. The number of carbonyl (C=O) groups excluding carboxylic acids is 1. The Balaban J connectivity index is 2.90. The van der Waals surface area contributed by atoms with Crippen LogP contribution in [0, 0.1) is 0 Å². The summed E-state index contributed by atoms with van der Waals surface area (Å²) in [5.74, 6) is 0.188. The zero-order chi connectivity index (χ0) is 7.56. The molecule has 1 nitrogen and oxygen atoms in total. The molecule has 0 bridgehead atoms. The highest BCUT2D eigenvalue weighted by Crippen LogP contribution is 2.18. The Morgan fingerprint density at radius 2 is 2.30 bits per heavy atom. The molecule has 0 spiro atoms. The summed E-state index contributed by atoms with van der Waals surface area (Å²) < 4.78 is 0. The van der Waals surface area contributed by atoms with Crippen LogP contribution in [0.5, 0.6) is 0 Å². The minimum Gasteiger partial charge on any atom is -0.295 e. The van der Waals surface area contributed by atoms with Crippen molar-refractivity contribution >= 4 is 5.78 Å². The fourth-order valence-corrected chi connectivity index (χ4v) is 1.20. The van der Waals surface area contributed by atoms with Crippen LogP contribution in [0.3, 0.4) is 0 Å². The van der Waals surface area contributed by atoms with Gasteiger partial charge in [-0.3, -0.25) is 4.79 Å². The van der Waals surface area contributed by atoms with Gasteiger partial charge in [0.05, 0.1) is 0 Å². The molecule has 10 heavy (non-hydrogen) atoms. The van der Waals surface area contributed by atoms with Gasteiger partial charge in [-0.2, -0.15) is 0 Å². The summed E-state index contributed by atoms with van der Waals surface area (Å²) >= 11 is 0. The second kappa shape index (κ2) is 2.82.